The third kappa shape index (κ3) is 4.43. The van der Waals surface area contributed by atoms with E-state index in [-0.39, 0.29) is 5.91 Å². The van der Waals surface area contributed by atoms with Crippen LogP contribution in [-0.2, 0) is 17.6 Å². The van der Waals surface area contributed by atoms with Crippen molar-refractivity contribution in [1.82, 2.24) is 4.98 Å². The summed E-state index contributed by atoms with van der Waals surface area (Å²) in [5.41, 5.74) is 8.29. The second kappa shape index (κ2) is 7.17. The van der Waals surface area contributed by atoms with Gasteiger partial charge in [-0.05, 0) is 32.0 Å². The van der Waals surface area contributed by atoms with E-state index in [1.165, 1.54) is 5.56 Å². The lowest BCUT2D eigenvalue weighted by Gasteiger charge is -2.04. The van der Waals surface area contributed by atoms with Crippen LogP contribution in [0.25, 0.3) is 0 Å². The quantitative estimate of drug-likeness (QED) is 0.858. The molecule has 0 aliphatic rings. The van der Waals surface area contributed by atoms with Crippen LogP contribution in [0.4, 0.5) is 5.69 Å². The number of benzene rings is 1. The molecule has 1 amide bonds. The molecule has 106 valence electrons. The van der Waals surface area contributed by atoms with E-state index in [1.54, 1.807) is 11.3 Å². The fourth-order valence-corrected chi connectivity index (χ4v) is 2.65. The van der Waals surface area contributed by atoms with Crippen LogP contribution in [0.3, 0.4) is 0 Å². The summed E-state index contributed by atoms with van der Waals surface area (Å²) < 4.78 is 0. The van der Waals surface area contributed by atoms with Gasteiger partial charge in [-0.2, -0.15) is 0 Å². The van der Waals surface area contributed by atoms with Crippen molar-refractivity contribution in [2.45, 2.75) is 26.2 Å². The first-order chi connectivity index (χ1) is 9.67. The first kappa shape index (κ1) is 14.7. The van der Waals surface area contributed by atoms with Gasteiger partial charge in [0.25, 0.3) is 0 Å². The largest absolute Gasteiger partial charge is 0.330 e. The Labute approximate surface area is 123 Å². The molecule has 0 atom stereocenters. The van der Waals surface area contributed by atoms with Crippen molar-refractivity contribution >= 4 is 22.9 Å². The summed E-state index contributed by atoms with van der Waals surface area (Å²) >= 11 is 1.59. The number of aryl methyl sites for hydroxylation is 2. The average Bonchev–Trinajstić information content (AvgIpc) is 2.86. The molecule has 0 fully saturated rings. The molecular formula is C15H19N3OS. The number of amides is 1. The van der Waals surface area contributed by atoms with Gasteiger partial charge in [0.1, 0.15) is 0 Å². The number of anilines is 1. The van der Waals surface area contributed by atoms with Crippen LogP contribution in [0.5, 0.6) is 0 Å². The third-order valence-electron chi connectivity index (χ3n) is 2.87. The maximum Gasteiger partial charge on any atom is 0.230 e. The van der Waals surface area contributed by atoms with Gasteiger partial charge in [0.15, 0.2) is 0 Å². The van der Waals surface area contributed by atoms with Gasteiger partial charge >= 0.3 is 0 Å². The number of nitrogens with one attached hydrogen (secondary N) is 1. The number of thiazole rings is 1. The SMILES string of the molecule is Cc1ccc(NC(=O)Cc2csc(CCCN)n2)cc1. The Bertz CT molecular complexity index is 563. The number of aromatic nitrogens is 1. The highest BCUT2D eigenvalue weighted by Crippen LogP contribution is 2.13. The van der Waals surface area contributed by atoms with E-state index in [4.69, 9.17) is 5.73 Å². The number of nitrogens with zero attached hydrogens (tertiary/aromatic N) is 1. The predicted molar refractivity (Wildman–Crippen MR) is 83.0 cm³/mol. The van der Waals surface area contributed by atoms with Crippen molar-refractivity contribution in [3.8, 4) is 0 Å². The molecule has 0 saturated heterocycles. The first-order valence-electron chi connectivity index (χ1n) is 6.67. The predicted octanol–water partition coefficient (Wildman–Crippen LogP) is 2.52. The van der Waals surface area contributed by atoms with Gasteiger partial charge in [-0.25, -0.2) is 4.98 Å². The molecule has 3 N–H and O–H groups in total. The molecule has 0 saturated carbocycles. The normalized spacial score (nSPS) is 10.5. The second-order valence-electron chi connectivity index (χ2n) is 4.72. The van der Waals surface area contributed by atoms with Gasteiger partial charge in [-0.3, -0.25) is 4.79 Å². The van der Waals surface area contributed by atoms with E-state index in [0.29, 0.717) is 13.0 Å². The number of rotatable bonds is 6. The maximum absolute atomic E-state index is 11.9. The summed E-state index contributed by atoms with van der Waals surface area (Å²) in [5, 5.41) is 5.87. The van der Waals surface area contributed by atoms with Crippen LogP contribution in [0.1, 0.15) is 22.7 Å². The summed E-state index contributed by atoms with van der Waals surface area (Å²) in [6.07, 6.45) is 2.14. The molecule has 0 bridgehead atoms. The molecule has 0 spiro atoms. The Morgan fingerprint density at radius 1 is 1.35 bits per heavy atom. The van der Waals surface area contributed by atoms with Crippen molar-refractivity contribution < 1.29 is 4.79 Å². The standard InChI is InChI=1S/C15H19N3OS/c1-11-4-6-12(7-5-11)17-14(19)9-13-10-20-15(18-13)3-2-8-16/h4-7,10H,2-3,8-9,16H2,1H3,(H,17,19). The van der Waals surface area contributed by atoms with Crippen molar-refractivity contribution in [3.63, 3.8) is 0 Å². The zero-order chi connectivity index (χ0) is 14.4. The van der Waals surface area contributed by atoms with Gasteiger partial charge in [-0.15, -0.1) is 11.3 Å². The minimum atomic E-state index is -0.0375. The molecule has 1 heterocycles. The van der Waals surface area contributed by atoms with Crippen molar-refractivity contribution in [3.05, 3.63) is 45.9 Å². The Morgan fingerprint density at radius 3 is 2.80 bits per heavy atom. The van der Waals surface area contributed by atoms with Crippen LogP contribution in [-0.4, -0.2) is 17.4 Å². The molecule has 2 aromatic rings. The van der Waals surface area contributed by atoms with Gasteiger partial charge < -0.3 is 11.1 Å². The number of nitrogens with two attached hydrogens (primary N) is 1. The summed E-state index contributed by atoms with van der Waals surface area (Å²) in [6, 6.07) is 7.76. The molecule has 0 unspecified atom stereocenters. The van der Waals surface area contributed by atoms with Crippen molar-refractivity contribution in [1.29, 1.82) is 0 Å². The van der Waals surface area contributed by atoms with Gasteiger partial charge in [-0.1, -0.05) is 17.7 Å². The van der Waals surface area contributed by atoms with Crippen LogP contribution in [0, 0.1) is 6.92 Å². The molecule has 2 rings (SSSR count). The van der Waals surface area contributed by atoms with Gasteiger partial charge in [0.2, 0.25) is 5.91 Å². The highest BCUT2D eigenvalue weighted by atomic mass is 32.1. The van der Waals surface area contributed by atoms with Crippen molar-refractivity contribution in [2.75, 3.05) is 11.9 Å². The van der Waals surface area contributed by atoms with Crippen molar-refractivity contribution in [2.24, 2.45) is 5.73 Å². The van der Waals surface area contributed by atoms with Crippen LogP contribution in [0.15, 0.2) is 29.6 Å². The fraction of sp³-hybridized carbons (Fsp3) is 0.333. The number of hydrogen-bond donors (Lipinski definition) is 2. The topological polar surface area (TPSA) is 68.0 Å². The smallest absolute Gasteiger partial charge is 0.230 e. The summed E-state index contributed by atoms with van der Waals surface area (Å²) in [7, 11) is 0. The van der Waals surface area contributed by atoms with E-state index >= 15 is 0 Å². The molecular weight excluding hydrogens is 270 g/mol. The molecule has 0 radical (unpaired) electrons. The molecule has 4 nitrogen and oxygen atoms in total. The molecule has 20 heavy (non-hydrogen) atoms. The lowest BCUT2D eigenvalue weighted by molar-refractivity contribution is -0.115. The van der Waals surface area contributed by atoms with Gasteiger partial charge in [0.05, 0.1) is 17.1 Å². The Morgan fingerprint density at radius 2 is 2.10 bits per heavy atom. The second-order valence-corrected chi connectivity index (χ2v) is 5.66. The Balaban J connectivity index is 1.87. The maximum atomic E-state index is 11.9. The molecule has 0 aliphatic heterocycles. The first-order valence-corrected chi connectivity index (χ1v) is 7.55. The zero-order valence-corrected chi connectivity index (χ0v) is 12.4. The molecule has 1 aromatic carbocycles. The van der Waals surface area contributed by atoms with E-state index in [2.05, 4.69) is 10.3 Å². The zero-order valence-electron chi connectivity index (χ0n) is 11.6. The number of carbonyl (C=O) groups is 1. The third-order valence-corrected chi connectivity index (χ3v) is 3.83. The number of hydrogen-bond acceptors (Lipinski definition) is 4. The molecule has 5 heteroatoms. The highest BCUT2D eigenvalue weighted by molar-refractivity contribution is 7.09. The molecule has 0 aliphatic carbocycles. The van der Waals surface area contributed by atoms with Crippen LogP contribution >= 0.6 is 11.3 Å². The summed E-state index contributed by atoms with van der Waals surface area (Å²) in [5.74, 6) is -0.0375. The molecule has 1 aromatic heterocycles. The Hall–Kier alpha value is -1.72. The fourth-order valence-electron chi connectivity index (χ4n) is 1.80. The monoisotopic (exact) mass is 289 g/mol. The lowest BCUT2D eigenvalue weighted by atomic mass is 10.2. The lowest BCUT2D eigenvalue weighted by Crippen LogP contribution is -2.14. The Kier molecular flexibility index (Phi) is 5.26. The van der Waals surface area contributed by atoms with Crippen LogP contribution in [0.2, 0.25) is 0 Å². The highest BCUT2D eigenvalue weighted by Gasteiger charge is 2.08. The van der Waals surface area contributed by atoms with Crippen LogP contribution < -0.4 is 11.1 Å². The number of carbonyl (C=O) groups excluding carboxylic acids is 1. The van der Waals surface area contributed by atoms with Gasteiger partial charge in [0, 0.05) is 17.5 Å². The minimum absolute atomic E-state index is 0.0375. The van der Waals surface area contributed by atoms with E-state index in [1.807, 2.05) is 36.6 Å². The van der Waals surface area contributed by atoms with E-state index in [9.17, 15) is 4.79 Å². The summed E-state index contributed by atoms with van der Waals surface area (Å²) in [4.78, 5) is 16.4. The summed E-state index contributed by atoms with van der Waals surface area (Å²) in [6.45, 7) is 2.69. The minimum Gasteiger partial charge on any atom is -0.330 e. The average molecular weight is 289 g/mol. The van der Waals surface area contributed by atoms with E-state index < -0.39 is 0 Å². The van der Waals surface area contributed by atoms with E-state index in [0.717, 1.165) is 29.2 Å².